The normalized spacial score (nSPS) is 14.2. The van der Waals surface area contributed by atoms with E-state index in [9.17, 15) is 9.59 Å². The molecule has 3 aromatic rings. The summed E-state index contributed by atoms with van der Waals surface area (Å²) in [6.07, 6.45) is 1.84. The molecule has 0 radical (unpaired) electrons. The van der Waals surface area contributed by atoms with Gasteiger partial charge in [0.1, 0.15) is 5.69 Å². The molecule has 0 spiro atoms. The van der Waals surface area contributed by atoms with E-state index < -0.39 is 0 Å². The van der Waals surface area contributed by atoms with Crippen molar-refractivity contribution in [1.82, 2.24) is 15.2 Å². The number of carbonyl (C=O) groups is 2. The van der Waals surface area contributed by atoms with E-state index in [1.165, 1.54) is 22.7 Å². The molecule has 2 amide bonds. The number of halogens is 1. The summed E-state index contributed by atoms with van der Waals surface area (Å²) in [6, 6.07) is 9.31. The molecule has 10 heteroatoms. The maximum Gasteiger partial charge on any atom is 0.271 e. The van der Waals surface area contributed by atoms with Crippen LogP contribution in [0.4, 0.5) is 5.13 Å². The molecule has 1 aliphatic heterocycles. The van der Waals surface area contributed by atoms with Crippen molar-refractivity contribution in [3.8, 4) is 0 Å². The molecule has 4 rings (SSSR count). The Kier molecular flexibility index (Phi) is 8.46. The number of nitrogens with one attached hydrogen (secondary N) is 2. The molecule has 1 saturated heterocycles. The zero-order chi connectivity index (χ0) is 23.0. The van der Waals surface area contributed by atoms with Crippen molar-refractivity contribution in [3.63, 3.8) is 0 Å². The predicted molar refractivity (Wildman–Crippen MR) is 133 cm³/mol. The van der Waals surface area contributed by atoms with Gasteiger partial charge in [0.15, 0.2) is 5.13 Å². The van der Waals surface area contributed by atoms with Crippen LogP contribution in [0.3, 0.4) is 0 Å². The number of aryl methyl sites for hydroxylation is 1. The number of amides is 2. The molecule has 0 unspecified atom stereocenters. The van der Waals surface area contributed by atoms with Gasteiger partial charge >= 0.3 is 0 Å². The summed E-state index contributed by atoms with van der Waals surface area (Å²) < 4.78 is 5.39. The monoisotopic (exact) mass is 504 g/mol. The Bertz CT molecular complexity index is 1090. The quantitative estimate of drug-likeness (QED) is 0.454. The molecule has 0 aliphatic carbocycles. The second-order valence-corrected chi connectivity index (χ2v) is 9.85. The molecule has 3 heterocycles. The number of aromatic nitrogens is 1. The summed E-state index contributed by atoms with van der Waals surface area (Å²) in [6.45, 7) is 4.87. The van der Waals surface area contributed by atoms with Gasteiger partial charge in [-0.1, -0.05) is 23.7 Å². The van der Waals surface area contributed by atoms with Gasteiger partial charge in [-0.2, -0.15) is 0 Å². The molecule has 33 heavy (non-hydrogen) atoms. The van der Waals surface area contributed by atoms with Crippen molar-refractivity contribution in [2.24, 2.45) is 0 Å². The van der Waals surface area contributed by atoms with E-state index >= 15 is 0 Å². The Balaban J connectivity index is 1.28. The third-order valence-corrected chi connectivity index (χ3v) is 7.22. The van der Waals surface area contributed by atoms with E-state index in [4.69, 9.17) is 16.3 Å². The SMILES string of the molecule is O=C(NCc1cccc(Cl)c1)c1csc(NC(=O)c2sccc2CCCN2CCOCC2)n1. The summed E-state index contributed by atoms with van der Waals surface area (Å²) in [7, 11) is 0. The molecule has 174 valence electrons. The number of morpholine rings is 1. The first kappa shape index (κ1) is 23.8. The van der Waals surface area contributed by atoms with Crippen molar-refractivity contribution < 1.29 is 14.3 Å². The zero-order valence-electron chi connectivity index (χ0n) is 18.0. The number of hydrogen-bond donors (Lipinski definition) is 2. The summed E-state index contributed by atoms with van der Waals surface area (Å²) >= 11 is 8.63. The number of nitrogens with zero attached hydrogens (tertiary/aromatic N) is 2. The van der Waals surface area contributed by atoms with Gasteiger partial charge in [0.25, 0.3) is 11.8 Å². The van der Waals surface area contributed by atoms with Crippen LogP contribution in [0.5, 0.6) is 0 Å². The van der Waals surface area contributed by atoms with E-state index in [0.717, 1.165) is 56.8 Å². The fourth-order valence-corrected chi connectivity index (χ4v) is 5.31. The van der Waals surface area contributed by atoms with Gasteiger partial charge in [-0.15, -0.1) is 22.7 Å². The van der Waals surface area contributed by atoms with Crippen molar-refractivity contribution in [1.29, 1.82) is 0 Å². The first-order chi connectivity index (χ1) is 16.1. The lowest BCUT2D eigenvalue weighted by molar-refractivity contribution is 0.0374. The molecular formula is C23H25ClN4O3S2. The first-order valence-corrected chi connectivity index (χ1v) is 12.9. The summed E-state index contributed by atoms with van der Waals surface area (Å²) in [5, 5.41) is 10.3. The molecule has 0 saturated carbocycles. The van der Waals surface area contributed by atoms with E-state index in [-0.39, 0.29) is 17.5 Å². The van der Waals surface area contributed by atoms with Crippen LogP contribution in [0.1, 0.15) is 37.7 Å². The third kappa shape index (κ3) is 6.84. The highest BCUT2D eigenvalue weighted by molar-refractivity contribution is 7.14. The average Bonchev–Trinajstić information content (AvgIpc) is 3.48. The number of anilines is 1. The van der Waals surface area contributed by atoms with Gasteiger partial charge in [-0.25, -0.2) is 4.98 Å². The Morgan fingerprint density at radius 2 is 2.00 bits per heavy atom. The predicted octanol–water partition coefficient (Wildman–Crippen LogP) is 4.31. The fraction of sp³-hybridized carbons (Fsp3) is 0.348. The lowest BCUT2D eigenvalue weighted by Gasteiger charge is -2.26. The van der Waals surface area contributed by atoms with Gasteiger partial charge < -0.3 is 10.1 Å². The zero-order valence-corrected chi connectivity index (χ0v) is 20.4. The van der Waals surface area contributed by atoms with Gasteiger partial charge in [0.05, 0.1) is 18.1 Å². The molecule has 0 bridgehead atoms. The maximum absolute atomic E-state index is 12.8. The lowest BCUT2D eigenvalue weighted by atomic mass is 10.1. The number of thiophene rings is 1. The summed E-state index contributed by atoms with van der Waals surface area (Å²) in [5.74, 6) is -0.488. The van der Waals surface area contributed by atoms with E-state index in [0.29, 0.717) is 21.6 Å². The van der Waals surface area contributed by atoms with Gasteiger partial charge in [0, 0.05) is 30.0 Å². The first-order valence-electron chi connectivity index (χ1n) is 10.7. The van der Waals surface area contributed by atoms with Crippen LogP contribution < -0.4 is 10.6 Å². The highest BCUT2D eigenvalue weighted by Gasteiger charge is 2.17. The van der Waals surface area contributed by atoms with Gasteiger partial charge in [0.2, 0.25) is 0 Å². The Hall–Kier alpha value is -2.30. The van der Waals surface area contributed by atoms with Crippen LogP contribution in [0.2, 0.25) is 5.02 Å². The summed E-state index contributed by atoms with van der Waals surface area (Å²) in [4.78, 5) is 32.6. The minimum absolute atomic E-state index is 0.188. The van der Waals surface area contributed by atoms with Crippen molar-refractivity contribution >= 4 is 51.2 Å². The lowest BCUT2D eigenvalue weighted by Crippen LogP contribution is -2.36. The minimum Gasteiger partial charge on any atom is -0.379 e. The molecule has 7 nitrogen and oxygen atoms in total. The number of thiazole rings is 1. The molecule has 1 aliphatic rings. The Morgan fingerprint density at radius 3 is 2.82 bits per heavy atom. The Labute approximate surface area is 205 Å². The number of benzene rings is 1. The molecule has 2 aromatic heterocycles. The van der Waals surface area contributed by atoms with E-state index in [1.54, 1.807) is 17.5 Å². The summed E-state index contributed by atoms with van der Waals surface area (Å²) in [5.41, 5.74) is 2.22. The average molecular weight is 505 g/mol. The van der Waals surface area contributed by atoms with Crippen molar-refractivity contribution in [2.75, 3.05) is 38.2 Å². The fourth-order valence-electron chi connectivity index (χ4n) is 3.56. The van der Waals surface area contributed by atoms with Crippen LogP contribution in [0, 0.1) is 0 Å². The van der Waals surface area contributed by atoms with E-state index in [2.05, 4.69) is 20.5 Å². The number of carbonyl (C=O) groups excluding carboxylic acids is 2. The van der Waals surface area contributed by atoms with Crippen LogP contribution in [0.15, 0.2) is 41.1 Å². The molecule has 0 atom stereocenters. The third-order valence-electron chi connectivity index (χ3n) is 5.28. The maximum atomic E-state index is 12.8. The van der Waals surface area contributed by atoms with Gasteiger partial charge in [-0.3, -0.25) is 19.8 Å². The minimum atomic E-state index is -0.299. The largest absolute Gasteiger partial charge is 0.379 e. The number of ether oxygens (including phenoxy) is 1. The highest BCUT2D eigenvalue weighted by atomic mass is 35.5. The Morgan fingerprint density at radius 1 is 1.15 bits per heavy atom. The topological polar surface area (TPSA) is 83.6 Å². The molecular weight excluding hydrogens is 480 g/mol. The standard InChI is InChI=1S/C23H25ClN4O3S2/c24-18-5-1-3-16(13-18)14-25-21(29)19-15-33-23(26-19)27-22(30)20-17(6-12-32-20)4-2-7-28-8-10-31-11-9-28/h1,3,5-6,12-13,15H,2,4,7-11,14H2,(H,25,29)(H,26,27,30). The van der Waals surface area contributed by atoms with Crippen molar-refractivity contribution in [2.45, 2.75) is 19.4 Å². The van der Waals surface area contributed by atoms with Gasteiger partial charge in [-0.05, 0) is 54.1 Å². The molecule has 1 aromatic carbocycles. The molecule has 2 N–H and O–H groups in total. The number of hydrogen-bond acceptors (Lipinski definition) is 7. The van der Waals surface area contributed by atoms with E-state index in [1.807, 2.05) is 23.6 Å². The van der Waals surface area contributed by atoms with Crippen LogP contribution >= 0.6 is 34.3 Å². The van der Waals surface area contributed by atoms with Crippen molar-refractivity contribution in [3.05, 3.63) is 67.8 Å². The van der Waals surface area contributed by atoms with Crippen LogP contribution in [-0.4, -0.2) is 54.5 Å². The number of rotatable bonds is 9. The molecule has 1 fully saturated rings. The highest BCUT2D eigenvalue weighted by Crippen LogP contribution is 2.22. The second-order valence-electron chi connectivity index (χ2n) is 7.64. The van der Waals surface area contributed by atoms with Crippen LogP contribution in [0.25, 0.3) is 0 Å². The van der Waals surface area contributed by atoms with Crippen LogP contribution in [-0.2, 0) is 17.7 Å². The second kappa shape index (κ2) is 11.7. The smallest absolute Gasteiger partial charge is 0.271 e.